The maximum absolute atomic E-state index is 2.44. The van der Waals surface area contributed by atoms with E-state index in [1.807, 2.05) is 11.8 Å². The van der Waals surface area contributed by atoms with E-state index in [2.05, 4.69) is 123 Å². The third-order valence-electron chi connectivity index (χ3n) is 8.25. The highest BCUT2D eigenvalue weighted by Gasteiger charge is 2.36. The normalized spacial score (nSPS) is 14.5. The fourth-order valence-corrected chi connectivity index (χ4v) is 7.56. The number of hydrogen-bond acceptors (Lipinski definition) is 1. The van der Waals surface area contributed by atoms with E-state index in [0.29, 0.717) is 0 Å². The van der Waals surface area contributed by atoms with Gasteiger partial charge in [0.2, 0.25) is 0 Å². The highest BCUT2D eigenvalue weighted by Crippen LogP contribution is 2.53. The number of benzene rings is 6. The Balaban J connectivity index is 1.31. The predicted octanol–water partition coefficient (Wildman–Crippen LogP) is 10.1. The van der Waals surface area contributed by atoms with E-state index in [1.54, 1.807) is 0 Å². The second-order valence-electron chi connectivity index (χ2n) is 10.6. The van der Waals surface area contributed by atoms with Crippen LogP contribution in [0.15, 0.2) is 119 Å². The monoisotopic (exact) mass is 476 g/mol. The van der Waals surface area contributed by atoms with Crippen molar-refractivity contribution in [2.75, 3.05) is 0 Å². The topological polar surface area (TPSA) is 0 Å². The van der Waals surface area contributed by atoms with Gasteiger partial charge in [-0.2, -0.15) is 0 Å². The van der Waals surface area contributed by atoms with Gasteiger partial charge in [0.15, 0.2) is 0 Å². The van der Waals surface area contributed by atoms with Crippen LogP contribution in [0.5, 0.6) is 0 Å². The van der Waals surface area contributed by atoms with Crippen molar-refractivity contribution in [3.8, 4) is 33.4 Å². The first kappa shape index (κ1) is 20.4. The molecule has 2 aliphatic rings. The third kappa shape index (κ3) is 2.67. The summed E-state index contributed by atoms with van der Waals surface area (Å²) >= 11 is 1.89. The molecule has 1 heterocycles. The summed E-state index contributed by atoms with van der Waals surface area (Å²) in [6.45, 7) is 4.74. The molecule has 0 unspecified atom stereocenters. The van der Waals surface area contributed by atoms with E-state index in [9.17, 15) is 0 Å². The van der Waals surface area contributed by atoms with Crippen LogP contribution in [0, 0.1) is 0 Å². The molecule has 1 heteroatoms. The summed E-state index contributed by atoms with van der Waals surface area (Å²) in [5.74, 6) is 0. The molecule has 1 aliphatic heterocycles. The van der Waals surface area contributed by atoms with Crippen molar-refractivity contribution in [3.63, 3.8) is 0 Å². The van der Waals surface area contributed by atoms with E-state index in [0.717, 1.165) is 0 Å². The summed E-state index contributed by atoms with van der Waals surface area (Å²) in [5, 5.41) is 5.36. The van der Waals surface area contributed by atoms with Crippen LogP contribution < -0.4 is 0 Å². The second-order valence-corrected chi connectivity index (χ2v) is 11.7. The van der Waals surface area contributed by atoms with E-state index < -0.39 is 0 Å². The summed E-state index contributed by atoms with van der Waals surface area (Å²) < 4.78 is 0. The van der Waals surface area contributed by atoms with Gasteiger partial charge < -0.3 is 0 Å². The van der Waals surface area contributed by atoms with Gasteiger partial charge in [-0.15, -0.1) is 0 Å². The zero-order valence-electron chi connectivity index (χ0n) is 20.3. The molecule has 0 saturated carbocycles. The molecule has 170 valence electrons. The molecule has 0 bridgehead atoms. The van der Waals surface area contributed by atoms with Crippen LogP contribution in [0.2, 0.25) is 0 Å². The number of rotatable bonds is 1. The van der Waals surface area contributed by atoms with Crippen molar-refractivity contribution in [2.45, 2.75) is 29.1 Å². The minimum absolute atomic E-state index is 0.0285. The third-order valence-corrected chi connectivity index (χ3v) is 9.39. The number of fused-ring (bicyclic) bond motifs is 7. The van der Waals surface area contributed by atoms with Gasteiger partial charge in [-0.1, -0.05) is 111 Å². The lowest BCUT2D eigenvalue weighted by Crippen LogP contribution is -2.15. The van der Waals surface area contributed by atoms with E-state index in [1.165, 1.54) is 75.8 Å². The molecule has 1 aliphatic carbocycles. The molecule has 6 aromatic carbocycles. The lowest BCUT2D eigenvalue weighted by atomic mass is 9.81. The van der Waals surface area contributed by atoms with Crippen LogP contribution in [-0.2, 0) is 5.41 Å². The molecule has 36 heavy (non-hydrogen) atoms. The Bertz CT molecular complexity index is 1880. The minimum Gasteiger partial charge on any atom is -0.0888 e. The first-order valence-electron chi connectivity index (χ1n) is 12.6. The van der Waals surface area contributed by atoms with Gasteiger partial charge in [-0.05, 0) is 84.9 Å². The molecule has 8 rings (SSSR count). The zero-order valence-corrected chi connectivity index (χ0v) is 21.1. The van der Waals surface area contributed by atoms with Crippen LogP contribution in [-0.4, -0.2) is 0 Å². The maximum Gasteiger partial charge on any atom is 0.0207 e. The van der Waals surface area contributed by atoms with Crippen LogP contribution in [0.25, 0.3) is 54.9 Å². The lowest BCUT2D eigenvalue weighted by molar-refractivity contribution is 0.661. The highest BCUT2D eigenvalue weighted by atomic mass is 32.2. The highest BCUT2D eigenvalue weighted by molar-refractivity contribution is 7.99. The van der Waals surface area contributed by atoms with Crippen LogP contribution in [0.1, 0.15) is 25.0 Å². The molecule has 6 aromatic rings. The summed E-state index contributed by atoms with van der Waals surface area (Å²) in [4.78, 5) is 2.69. The Labute approximate surface area is 215 Å². The molecule has 0 aromatic heterocycles. The van der Waals surface area contributed by atoms with Crippen molar-refractivity contribution >= 4 is 33.3 Å². The van der Waals surface area contributed by atoms with Gasteiger partial charge in [-0.3, -0.25) is 0 Å². The van der Waals surface area contributed by atoms with Crippen LogP contribution in [0.4, 0.5) is 0 Å². The Morgan fingerprint density at radius 2 is 1.31 bits per heavy atom. The van der Waals surface area contributed by atoms with Crippen LogP contribution >= 0.6 is 11.8 Å². The molecule has 0 atom stereocenters. The summed E-state index contributed by atoms with van der Waals surface area (Å²) in [6.07, 6.45) is 0. The van der Waals surface area contributed by atoms with Gasteiger partial charge in [0.05, 0.1) is 0 Å². The maximum atomic E-state index is 2.44. The van der Waals surface area contributed by atoms with E-state index >= 15 is 0 Å². The number of hydrogen-bond donors (Lipinski definition) is 0. The molecule has 0 spiro atoms. The van der Waals surface area contributed by atoms with Gasteiger partial charge in [0.1, 0.15) is 0 Å². The largest absolute Gasteiger partial charge is 0.0888 e. The molecular weight excluding hydrogens is 452 g/mol. The fraction of sp³-hybridized carbons (Fsp3) is 0.0857. The average Bonchev–Trinajstić information content (AvgIpc) is 3.15. The van der Waals surface area contributed by atoms with Gasteiger partial charge >= 0.3 is 0 Å². The van der Waals surface area contributed by atoms with E-state index in [4.69, 9.17) is 0 Å². The standard InChI is InChI=1S/C35H24S/c1-35(2)29-17-14-21-7-3-4-10-25(21)34(29)27-16-13-24(20-30(27)35)23-15-18-31-28(19-23)26-11-5-8-22-9-6-12-32(36-31)33(22)26/h3-20H,1-2H3. The zero-order chi connectivity index (χ0) is 24.0. The molecule has 0 saturated heterocycles. The smallest absolute Gasteiger partial charge is 0.0207 e. The van der Waals surface area contributed by atoms with Crippen molar-refractivity contribution in [2.24, 2.45) is 0 Å². The molecular formula is C35H24S. The quantitative estimate of drug-likeness (QED) is 0.227. The molecule has 0 radical (unpaired) electrons. The van der Waals surface area contributed by atoms with Crippen molar-refractivity contribution in [1.82, 2.24) is 0 Å². The summed E-state index contributed by atoms with van der Waals surface area (Å²) in [5.41, 5.74) is 10.9. The molecule has 0 N–H and O–H groups in total. The Morgan fingerprint density at radius 1 is 0.528 bits per heavy atom. The second kappa shape index (κ2) is 7.12. The summed E-state index contributed by atoms with van der Waals surface area (Å²) in [6, 6.07) is 40.9. The van der Waals surface area contributed by atoms with Crippen LogP contribution in [0.3, 0.4) is 0 Å². The molecule has 0 fully saturated rings. The van der Waals surface area contributed by atoms with Crippen molar-refractivity contribution < 1.29 is 0 Å². The lowest BCUT2D eigenvalue weighted by Gasteiger charge is -2.23. The Kier molecular flexibility index (Phi) is 4.03. The SMILES string of the molecule is CC1(C)c2cc(-c3ccc4c(c3)-c3cccc5cccc(c35)S4)ccc2-c2c1ccc1ccccc21. The average molecular weight is 477 g/mol. The molecule has 0 amide bonds. The molecule has 0 nitrogen and oxygen atoms in total. The summed E-state index contributed by atoms with van der Waals surface area (Å²) in [7, 11) is 0. The first-order valence-corrected chi connectivity index (χ1v) is 13.4. The Morgan fingerprint density at radius 3 is 2.22 bits per heavy atom. The van der Waals surface area contributed by atoms with Gasteiger partial charge in [0.25, 0.3) is 0 Å². The van der Waals surface area contributed by atoms with Gasteiger partial charge in [-0.25, -0.2) is 0 Å². The van der Waals surface area contributed by atoms with Crippen molar-refractivity contribution in [3.05, 3.63) is 120 Å². The van der Waals surface area contributed by atoms with E-state index in [-0.39, 0.29) is 5.41 Å². The fourth-order valence-electron chi connectivity index (χ4n) is 6.43. The van der Waals surface area contributed by atoms with Crippen molar-refractivity contribution in [1.29, 1.82) is 0 Å². The van der Waals surface area contributed by atoms with Gasteiger partial charge in [0, 0.05) is 20.6 Å². The Hall–Kier alpha value is -3.81. The first-order chi connectivity index (χ1) is 17.6. The minimum atomic E-state index is -0.0285. The predicted molar refractivity (Wildman–Crippen MR) is 154 cm³/mol.